The molecule has 0 aliphatic rings. The summed E-state index contributed by atoms with van der Waals surface area (Å²) >= 11 is 0. The number of ether oxygens (including phenoxy) is 1. The average molecular weight is 243 g/mol. The van der Waals surface area contributed by atoms with Gasteiger partial charge in [0.2, 0.25) is 0 Å². The highest BCUT2D eigenvalue weighted by atomic mass is 19.1. The van der Waals surface area contributed by atoms with E-state index < -0.39 is 18.0 Å². The van der Waals surface area contributed by atoms with Gasteiger partial charge in [0.1, 0.15) is 12.7 Å². The van der Waals surface area contributed by atoms with Crippen molar-refractivity contribution < 1.29 is 19.3 Å². The van der Waals surface area contributed by atoms with Crippen LogP contribution in [0, 0.1) is 5.82 Å². The minimum absolute atomic E-state index is 0.00768. The van der Waals surface area contributed by atoms with Gasteiger partial charge in [-0.1, -0.05) is 12.1 Å². The average Bonchev–Trinajstić information content (AvgIpc) is 2.27. The van der Waals surface area contributed by atoms with Gasteiger partial charge in [-0.05, 0) is 19.1 Å². The predicted molar refractivity (Wildman–Crippen MR) is 62.5 cm³/mol. The lowest BCUT2D eigenvalue weighted by Crippen LogP contribution is -2.35. The van der Waals surface area contributed by atoms with E-state index in [1.807, 2.05) is 0 Å². The zero-order valence-corrected chi connectivity index (χ0v) is 9.77. The molecule has 1 aromatic carbocycles. The fraction of sp³-hybridized carbons (Fsp3) is 0.500. The zero-order valence-electron chi connectivity index (χ0n) is 9.77. The molecule has 1 rings (SSSR count). The van der Waals surface area contributed by atoms with Crippen LogP contribution in [0.25, 0.3) is 0 Å². The number of halogens is 1. The Morgan fingerprint density at radius 3 is 2.65 bits per heavy atom. The summed E-state index contributed by atoms with van der Waals surface area (Å²) in [5.74, 6) is -0.321. The van der Waals surface area contributed by atoms with E-state index in [9.17, 15) is 9.50 Å². The summed E-state index contributed by atoms with van der Waals surface area (Å²) in [6, 6.07) is 6.04. The Labute approximate surface area is 100 Å². The normalized spacial score (nSPS) is 14.4. The van der Waals surface area contributed by atoms with E-state index in [0.717, 1.165) is 0 Å². The summed E-state index contributed by atoms with van der Waals surface area (Å²) in [6.45, 7) is 2.35. The van der Waals surface area contributed by atoms with Crippen LogP contribution in [0.15, 0.2) is 24.3 Å². The van der Waals surface area contributed by atoms with Crippen LogP contribution >= 0.6 is 0 Å². The Bertz CT molecular complexity index is 333. The molecule has 3 N–H and O–H groups in total. The van der Waals surface area contributed by atoms with E-state index in [0.29, 0.717) is 13.1 Å². The summed E-state index contributed by atoms with van der Waals surface area (Å²) in [5, 5.41) is 21.4. The van der Waals surface area contributed by atoms with Crippen LogP contribution in [0.1, 0.15) is 6.92 Å². The van der Waals surface area contributed by atoms with Crippen LogP contribution in [0.2, 0.25) is 0 Å². The molecule has 0 spiro atoms. The van der Waals surface area contributed by atoms with Crippen LogP contribution in [-0.2, 0) is 0 Å². The molecule has 0 aliphatic carbocycles. The van der Waals surface area contributed by atoms with Crippen molar-refractivity contribution in [2.24, 2.45) is 0 Å². The second kappa shape index (κ2) is 7.21. The molecule has 0 bridgehead atoms. The first-order chi connectivity index (χ1) is 8.09. The maximum atomic E-state index is 13.1. The smallest absolute Gasteiger partial charge is 0.165 e. The molecule has 1 aromatic rings. The van der Waals surface area contributed by atoms with Crippen LogP contribution in [-0.4, -0.2) is 42.1 Å². The lowest BCUT2D eigenvalue weighted by atomic mass is 10.3. The summed E-state index contributed by atoms with van der Waals surface area (Å²) in [6.07, 6.45) is -1.21. The molecule has 0 saturated carbocycles. The minimum Gasteiger partial charge on any atom is -0.488 e. The molecule has 4 nitrogen and oxygen atoms in total. The molecule has 96 valence electrons. The largest absolute Gasteiger partial charge is 0.488 e. The Hall–Kier alpha value is -1.17. The standard InChI is InChI=1S/C12H18FNO3/c1-9(15)6-14-7-10(16)8-17-12-5-3-2-4-11(12)13/h2-5,9-10,14-16H,6-8H2,1H3/t9-,10+/m1/s1. The van der Waals surface area contributed by atoms with Crippen LogP contribution in [0.4, 0.5) is 4.39 Å². The van der Waals surface area contributed by atoms with Crippen LogP contribution in [0.5, 0.6) is 5.75 Å². The molecular formula is C12H18FNO3. The first-order valence-electron chi connectivity index (χ1n) is 5.53. The third-order valence-electron chi connectivity index (χ3n) is 2.09. The number of hydrogen-bond acceptors (Lipinski definition) is 4. The van der Waals surface area contributed by atoms with Gasteiger partial charge >= 0.3 is 0 Å². The Balaban J connectivity index is 2.24. The number of aliphatic hydroxyl groups is 2. The molecule has 0 amide bonds. The van der Waals surface area contributed by atoms with E-state index in [4.69, 9.17) is 9.84 Å². The number of benzene rings is 1. The van der Waals surface area contributed by atoms with E-state index in [2.05, 4.69) is 5.32 Å². The van der Waals surface area contributed by atoms with Gasteiger partial charge < -0.3 is 20.3 Å². The van der Waals surface area contributed by atoms with Crippen LogP contribution in [0.3, 0.4) is 0 Å². The fourth-order valence-electron chi connectivity index (χ4n) is 1.27. The Morgan fingerprint density at radius 1 is 1.29 bits per heavy atom. The van der Waals surface area contributed by atoms with Crippen molar-refractivity contribution in [3.05, 3.63) is 30.1 Å². The van der Waals surface area contributed by atoms with E-state index >= 15 is 0 Å². The lowest BCUT2D eigenvalue weighted by molar-refractivity contribution is 0.0992. The first-order valence-corrected chi connectivity index (χ1v) is 5.53. The highest BCUT2D eigenvalue weighted by Crippen LogP contribution is 2.15. The van der Waals surface area contributed by atoms with Gasteiger partial charge in [0.25, 0.3) is 0 Å². The number of rotatable bonds is 7. The summed E-state index contributed by atoms with van der Waals surface area (Å²) in [4.78, 5) is 0. The third kappa shape index (κ3) is 5.63. The van der Waals surface area contributed by atoms with Crippen molar-refractivity contribution in [2.75, 3.05) is 19.7 Å². The Morgan fingerprint density at radius 2 is 2.00 bits per heavy atom. The van der Waals surface area contributed by atoms with Crippen molar-refractivity contribution in [2.45, 2.75) is 19.1 Å². The van der Waals surface area contributed by atoms with E-state index in [-0.39, 0.29) is 12.4 Å². The highest BCUT2D eigenvalue weighted by Gasteiger charge is 2.07. The molecule has 17 heavy (non-hydrogen) atoms. The van der Waals surface area contributed by atoms with Gasteiger partial charge in [0, 0.05) is 13.1 Å². The molecule has 2 atom stereocenters. The zero-order chi connectivity index (χ0) is 12.7. The van der Waals surface area contributed by atoms with Gasteiger partial charge in [0.15, 0.2) is 11.6 Å². The topological polar surface area (TPSA) is 61.7 Å². The minimum atomic E-state index is -0.742. The molecule has 5 heteroatoms. The molecule has 0 unspecified atom stereocenters. The van der Waals surface area contributed by atoms with Gasteiger partial charge in [-0.15, -0.1) is 0 Å². The summed E-state index contributed by atoms with van der Waals surface area (Å²) in [7, 11) is 0. The van der Waals surface area contributed by atoms with Gasteiger partial charge in [-0.3, -0.25) is 0 Å². The Kier molecular flexibility index (Phi) is 5.90. The molecule has 0 aromatic heterocycles. The first kappa shape index (κ1) is 13.9. The van der Waals surface area contributed by atoms with E-state index in [1.54, 1.807) is 19.1 Å². The van der Waals surface area contributed by atoms with Gasteiger partial charge in [0.05, 0.1) is 6.10 Å². The lowest BCUT2D eigenvalue weighted by Gasteiger charge is -2.14. The van der Waals surface area contributed by atoms with Crippen molar-refractivity contribution >= 4 is 0 Å². The van der Waals surface area contributed by atoms with Crippen molar-refractivity contribution in [3.63, 3.8) is 0 Å². The number of nitrogens with one attached hydrogen (secondary N) is 1. The van der Waals surface area contributed by atoms with Crippen molar-refractivity contribution in [1.82, 2.24) is 5.32 Å². The summed E-state index contributed by atoms with van der Waals surface area (Å²) < 4.78 is 18.3. The molecule has 0 saturated heterocycles. The van der Waals surface area contributed by atoms with Crippen molar-refractivity contribution in [1.29, 1.82) is 0 Å². The third-order valence-corrected chi connectivity index (χ3v) is 2.09. The number of hydrogen-bond donors (Lipinski definition) is 3. The molecule has 0 fully saturated rings. The quantitative estimate of drug-likeness (QED) is 0.654. The number of para-hydroxylation sites is 1. The molecule has 0 heterocycles. The SMILES string of the molecule is C[C@@H](O)CNC[C@H](O)COc1ccccc1F. The maximum Gasteiger partial charge on any atom is 0.165 e. The maximum absolute atomic E-state index is 13.1. The van der Waals surface area contributed by atoms with Crippen LogP contribution < -0.4 is 10.1 Å². The molecule has 0 aliphatic heterocycles. The van der Waals surface area contributed by atoms with Crippen molar-refractivity contribution in [3.8, 4) is 5.75 Å². The predicted octanol–water partition coefficient (Wildman–Crippen LogP) is 0.536. The highest BCUT2D eigenvalue weighted by molar-refractivity contribution is 5.23. The second-order valence-corrected chi connectivity index (χ2v) is 3.90. The second-order valence-electron chi connectivity index (χ2n) is 3.90. The molecule has 0 radical (unpaired) electrons. The van der Waals surface area contributed by atoms with Gasteiger partial charge in [-0.25, -0.2) is 4.39 Å². The fourth-order valence-corrected chi connectivity index (χ4v) is 1.27. The van der Waals surface area contributed by atoms with E-state index in [1.165, 1.54) is 12.1 Å². The molecular weight excluding hydrogens is 225 g/mol. The van der Waals surface area contributed by atoms with Gasteiger partial charge in [-0.2, -0.15) is 0 Å². The monoisotopic (exact) mass is 243 g/mol. The summed E-state index contributed by atoms with van der Waals surface area (Å²) in [5.41, 5.74) is 0. The number of aliphatic hydroxyl groups excluding tert-OH is 2.